The van der Waals surface area contributed by atoms with Crippen LogP contribution in [0.4, 0.5) is 0 Å². The highest BCUT2D eigenvalue weighted by molar-refractivity contribution is 14.1. The van der Waals surface area contributed by atoms with Gasteiger partial charge in [-0.25, -0.2) is 0 Å². The van der Waals surface area contributed by atoms with Crippen LogP contribution in [0.1, 0.15) is 0 Å². The maximum Gasteiger partial charge on any atom is 0.502 e. The molecule has 6 heteroatoms. The highest BCUT2D eigenvalue weighted by atomic mass is 127. The SMILES string of the molecule is OB(O)c1sc2cccc(I)c2c1O. The standard InChI is InChI=1S/C8H6BIO3S/c10-4-2-1-3-5-6(4)7(11)8(14-5)9(12)13/h1-3,11-13H. The number of rotatable bonds is 1. The molecule has 0 unspecified atom stereocenters. The van der Waals surface area contributed by atoms with Crippen molar-refractivity contribution in [2.24, 2.45) is 0 Å². The summed E-state index contributed by atoms with van der Waals surface area (Å²) in [7, 11) is -1.61. The average Bonchev–Trinajstić information content (AvgIpc) is 2.45. The van der Waals surface area contributed by atoms with Gasteiger partial charge >= 0.3 is 7.12 Å². The fourth-order valence-corrected chi connectivity index (χ4v) is 3.22. The minimum absolute atomic E-state index is 0.0231. The summed E-state index contributed by atoms with van der Waals surface area (Å²) in [5.41, 5.74) is 0. The van der Waals surface area contributed by atoms with E-state index in [1.54, 1.807) is 0 Å². The van der Waals surface area contributed by atoms with Gasteiger partial charge in [0.05, 0.1) is 4.78 Å². The smallest absolute Gasteiger partial charge is 0.502 e. The Kier molecular flexibility index (Phi) is 2.69. The molecule has 3 nitrogen and oxygen atoms in total. The number of halogens is 1. The topological polar surface area (TPSA) is 60.7 Å². The molecule has 0 bridgehead atoms. The lowest BCUT2D eigenvalue weighted by molar-refractivity contribution is 0.422. The molecule has 0 radical (unpaired) electrons. The second-order valence-corrected chi connectivity index (χ2v) is 5.05. The zero-order chi connectivity index (χ0) is 10.3. The van der Waals surface area contributed by atoms with Crippen molar-refractivity contribution in [2.75, 3.05) is 0 Å². The molecule has 2 aromatic rings. The van der Waals surface area contributed by atoms with Gasteiger partial charge in [0.15, 0.2) is 0 Å². The normalized spacial score (nSPS) is 10.8. The Bertz CT molecular complexity index is 483. The van der Waals surface area contributed by atoms with Crippen molar-refractivity contribution < 1.29 is 15.2 Å². The summed E-state index contributed by atoms with van der Waals surface area (Å²) in [6, 6.07) is 5.57. The molecule has 1 aromatic carbocycles. The molecular weight excluding hydrogens is 314 g/mol. The summed E-state index contributed by atoms with van der Waals surface area (Å²) in [5.74, 6) is -0.0231. The quantitative estimate of drug-likeness (QED) is 0.540. The van der Waals surface area contributed by atoms with Crippen LogP contribution in [0.2, 0.25) is 0 Å². The first-order valence-electron chi connectivity index (χ1n) is 3.87. The molecule has 0 aliphatic heterocycles. The van der Waals surface area contributed by atoms with E-state index >= 15 is 0 Å². The van der Waals surface area contributed by atoms with Gasteiger partial charge in [-0.05, 0) is 34.7 Å². The van der Waals surface area contributed by atoms with E-state index in [9.17, 15) is 5.11 Å². The van der Waals surface area contributed by atoms with Crippen LogP contribution in [0, 0.1) is 3.57 Å². The van der Waals surface area contributed by atoms with Crippen molar-refractivity contribution in [3.63, 3.8) is 0 Å². The highest BCUT2D eigenvalue weighted by Gasteiger charge is 2.22. The average molecular weight is 320 g/mol. The maximum atomic E-state index is 9.73. The molecule has 0 spiro atoms. The van der Waals surface area contributed by atoms with E-state index in [0.29, 0.717) is 5.39 Å². The molecule has 0 fully saturated rings. The second-order valence-electron chi connectivity index (χ2n) is 2.80. The lowest BCUT2D eigenvalue weighted by Gasteiger charge is -1.96. The van der Waals surface area contributed by atoms with Crippen LogP contribution in [0.15, 0.2) is 18.2 Å². The molecule has 0 atom stereocenters. The van der Waals surface area contributed by atoms with Gasteiger partial charge in [-0.1, -0.05) is 6.07 Å². The molecule has 2 rings (SSSR count). The monoisotopic (exact) mass is 320 g/mol. The Balaban J connectivity index is 2.81. The molecular formula is C8H6BIO3S. The molecule has 0 amide bonds. The second kappa shape index (κ2) is 3.69. The molecule has 14 heavy (non-hydrogen) atoms. The molecule has 3 N–H and O–H groups in total. The molecule has 0 saturated heterocycles. The number of aromatic hydroxyl groups is 1. The number of hydrogen-bond donors (Lipinski definition) is 3. The summed E-state index contributed by atoms with van der Waals surface area (Å²) < 4.78 is 1.96. The van der Waals surface area contributed by atoms with E-state index in [-0.39, 0.29) is 10.5 Å². The number of thiophene rings is 1. The van der Waals surface area contributed by atoms with Gasteiger partial charge in [0, 0.05) is 13.7 Å². The third-order valence-electron chi connectivity index (χ3n) is 1.90. The number of fused-ring (bicyclic) bond motifs is 1. The van der Waals surface area contributed by atoms with Crippen LogP contribution >= 0.6 is 33.9 Å². The van der Waals surface area contributed by atoms with Crippen molar-refractivity contribution in [2.45, 2.75) is 0 Å². The van der Waals surface area contributed by atoms with E-state index in [0.717, 1.165) is 8.27 Å². The molecule has 0 saturated carbocycles. The molecule has 0 aliphatic rings. The lowest BCUT2D eigenvalue weighted by Crippen LogP contribution is -2.26. The Morgan fingerprint density at radius 1 is 1.29 bits per heavy atom. The van der Waals surface area contributed by atoms with Gasteiger partial charge in [-0.15, -0.1) is 11.3 Å². The van der Waals surface area contributed by atoms with E-state index in [2.05, 4.69) is 22.6 Å². The van der Waals surface area contributed by atoms with E-state index < -0.39 is 7.12 Å². The van der Waals surface area contributed by atoms with Crippen LogP contribution in [-0.4, -0.2) is 22.3 Å². The number of hydrogen-bond acceptors (Lipinski definition) is 4. The molecule has 72 valence electrons. The van der Waals surface area contributed by atoms with Gasteiger partial charge in [0.1, 0.15) is 5.75 Å². The fourth-order valence-electron chi connectivity index (χ4n) is 1.28. The summed E-state index contributed by atoms with van der Waals surface area (Å²) >= 11 is 3.30. The summed E-state index contributed by atoms with van der Waals surface area (Å²) in [6.45, 7) is 0. The van der Waals surface area contributed by atoms with E-state index in [1.165, 1.54) is 11.3 Å². The lowest BCUT2D eigenvalue weighted by atomic mass is 9.88. The van der Waals surface area contributed by atoms with Gasteiger partial charge < -0.3 is 15.2 Å². The first-order chi connectivity index (χ1) is 6.61. The zero-order valence-electron chi connectivity index (χ0n) is 6.94. The van der Waals surface area contributed by atoms with Crippen molar-refractivity contribution in [1.82, 2.24) is 0 Å². The van der Waals surface area contributed by atoms with Crippen molar-refractivity contribution >= 4 is 55.9 Å². The third-order valence-corrected chi connectivity index (χ3v) is 3.98. The Morgan fingerprint density at radius 3 is 2.57 bits per heavy atom. The Hall–Kier alpha value is -0.305. The van der Waals surface area contributed by atoms with Gasteiger partial charge in [0.2, 0.25) is 0 Å². The summed E-state index contributed by atoms with van der Waals surface area (Å²) in [4.78, 5) is 0. The minimum atomic E-state index is -1.61. The number of benzene rings is 1. The summed E-state index contributed by atoms with van der Waals surface area (Å²) in [5, 5.41) is 28.4. The highest BCUT2D eigenvalue weighted by Crippen LogP contribution is 2.32. The van der Waals surface area contributed by atoms with Gasteiger partial charge in [0.25, 0.3) is 0 Å². The van der Waals surface area contributed by atoms with E-state index in [4.69, 9.17) is 10.0 Å². The van der Waals surface area contributed by atoms with Crippen molar-refractivity contribution in [1.29, 1.82) is 0 Å². The van der Waals surface area contributed by atoms with Gasteiger partial charge in [-0.3, -0.25) is 0 Å². The van der Waals surface area contributed by atoms with Crippen LogP contribution < -0.4 is 4.78 Å². The van der Waals surface area contributed by atoms with E-state index in [1.807, 2.05) is 18.2 Å². The molecule has 1 heterocycles. The Morgan fingerprint density at radius 2 is 2.00 bits per heavy atom. The van der Waals surface area contributed by atoms with Crippen LogP contribution in [0.3, 0.4) is 0 Å². The largest absolute Gasteiger partial charge is 0.507 e. The van der Waals surface area contributed by atoms with Crippen LogP contribution in [-0.2, 0) is 0 Å². The minimum Gasteiger partial charge on any atom is -0.507 e. The molecule has 0 aliphatic carbocycles. The Labute approximate surface area is 98.3 Å². The molecule has 1 aromatic heterocycles. The third kappa shape index (κ3) is 1.52. The first kappa shape index (κ1) is 10.2. The maximum absolute atomic E-state index is 9.73. The van der Waals surface area contributed by atoms with Crippen LogP contribution in [0.25, 0.3) is 10.1 Å². The fraction of sp³-hybridized carbons (Fsp3) is 0. The van der Waals surface area contributed by atoms with Gasteiger partial charge in [-0.2, -0.15) is 0 Å². The first-order valence-corrected chi connectivity index (χ1v) is 5.77. The van der Waals surface area contributed by atoms with Crippen molar-refractivity contribution in [3.05, 3.63) is 21.8 Å². The predicted octanol–water partition coefficient (Wildman–Crippen LogP) is 0.891. The predicted molar refractivity (Wildman–Crippen MR) is 66.0 cm³/mol. The zero-order valence-corrected chi connectivity index (χ0v) is 9.91. The van der Waals surface area contributed by atoms with Crippen LogP contribution in [0.5, 0.6) is 5.75 Å². The summed E-state index contributed by atoms with van der Waals surface area (Å²) in [6.07, 6.45) is 0. The van der Waals surface area contributed by atoms with Crippen molar-refractivity contribution in [3.8, 4) is 5.75 Å².